The lowest BCUT2D eigenvalue weighted by atomic mass is 10.2. The summed E-state index contributed by atoms with van der Waals surface area (Å²) in [7, 11) is 0. The average Bonchev–Trinajstić information content (AvgIpc) is 3.13. The molecular formula is C13H14N2O2. The lowest BCUT2D eigenvalue weighted by Crippen LogP contribution is -2.33. The fraction of sp³-hybridized carbons (Fsp3) is 0.385. The van der Waals surface area contributed by atoms with Crippen LogP contribution in [0.25, 0.3) is 0 Å². The zero-order valence-electron chi connectivity index (χ0n) is 9.50. The molecule has 4 nitrogen and oxygen atoms in total. The maximum atomic E-state index is 12.0. The number of nitrogens with zero attached hydrogens (tertiary/aromatic N) is 2. The number of rotatable bonds is 3. The Labute approximate surface area is 99.8 Å². The van der Waals surface area contributed by atoms with E-state index in [1.165, 1.54) is 4.90 Å². The molecule has 1 aliphatic heterocycles. The standard InChI is InChI=1S/C13H14N2O2/c16-12-9-14(11-6-7-11)13(17)15(12)8-10-4-2-1-3-5-10/h1-5,11H,6-9H2. The second-order valence-corrected chi connectivity index (χ2v) is 4.61. The second kappa shape index (κ2) is 3.87. The van der Waals surface area contributed by atoms with Crippen LogP contribution in [0, 0.1) is 0 Å². The molecule has 0 radical (unpaired) electrons. The van der Waals surface area contributed by atoms with Crippen LogP contribution in [-0.2, 0) is 11.3 Å². The summed E-state index contributed by atoms with van der Waals surface area (Å²) < 4.78 is 0. The summed E-state index contributed by atoms with van der Waals surface area (Å²) >= 11 is 0. The molecule has 1 saturated heterocycles. The van der Waals surface area contributed by atoms with Crippen molar-refractivity contribution in [3.8, 4) is 0 Å². The van der Waals surface area contributed by atoms with Gasteiger partial charge in [-0.1, -0.05) is 30.3 Å². The molecule has 0 unspecified atom stereocenters. The summed E-state index contributed by atoms with van der Waals surface area (Å²) in [6, 6.07) is 9.81. The number of carbonyl (C=O) groups is 2. The maximum absolute atomic E-state index is 12.0. The summed E-state index contributed by atoms with van der Waals surface area (Å²) in [5.74, 6) is -0.0780. The van der Waals surface area contributed by atoms with Gasteiger partial charge in [0.25, 0.3) is 5.91 Å². The van der Waals surface area contributed by atoms with Crippen LogP contribution in [0.1, 0.15) is 18.4 Å². The van der Waals surface area contributed by atoms with Crippen LogP contribution < -0.4 is 0 Å². The zero-order valence-corrected chi connectivity index (χ0v) is 9.50. The number of hydrogen-bond acceptors (Lipinski definition) is 2. The van der Waals surface area contributed by atoms with Crippen LogP contribution in [-0.4, -0.2) is 34.3 Å². The first-order valence-corrected chi connectivity index (χ1v) is 5.90. The van der Waals surface area contributed by atoms with Crippen molar-refractivity contribution in [2.45, 2.75) is 25.4 Å². The molecule has 1 aliphatic carbocycles. The van der Waals surface area contributed by atoms with E-state index in [1.807, 2.05) is 30.3 Å². The molecule has 1 aromatic carbocycles. The Hall–Kier alpha value is -1.84. The topological polar surface area (TPSA) is 40.6 Å². The molecule has 3 amide bonds. The summed E-state index contributed by atoms with van der Waals surface area (Å²) in [6.45, 7) is 0.651. The second-order valence-electron chi connectivity index (χ2n) is 4.61. The molecule has 3 rings (SSSR count). The number of carbonyl (C=O) groups excluding carboxylic acids is 2. The molecule has 17 heavy (non-hydrogen) atoms. The average molecular weight is 230 g/mol. The van der Waals surface area contributed by atoms with Crippen molar-refractivity contribution in [2.75, 3.05) is 6.54 Å². The van der Waals surface area contributed by atoms with Gasteiger partial charge >= 0.3 is 6.03 Å². The van der Waals surface area contributed by atoms with E-state index >= 15 is 0 Å². The van der Waals surface area contributed by atoms with Crippen LogP contribution in [0.2, 0.25) is 0 Å². The van der Waals surface area contributed by atoms with E-state index in [-0.39, 0.29) is 18.5 Å². The normalized spacial score (nSPS) is 20.2. The van der Waals surface area contributed by atoms with Gasteiger partial charge < -0.3 is 4.90 Å². The van der Waals surface area contributed by atoms with Crippen molar-refractivity contribution < 1.29 is 9.59 Å². The number of benzene rings is 1. The highest BCUT2D eigenvalue weighted by atomic mass is 16.2. The first-order chi connectivity index (χ1) is 8.25. The van der Waals surface area contributed by atoms with Crippen molar-refractivity contribution in [1.82, 2.24) is 9.80 Å². The highest BCUT2D eigenvalue weighted by molar-refractivity contribution is 6.02. The van der Waals surface area contributed by atoms with Crippen molar-refractivity contribution in [3.63, 3.8) is 0 Å². The van der Waals surface area contributed by atoms with E-state index in [4.69, 9.17) is 0 Å². The largest absolute Gasteiger partial charge is 0.327 e. The van der Waals surface area contributed by atoms with Crippen LogP contribution in [0.5, 0.6) is 0 Å². The third kappa shape index (κ3) is 1.90. The first-order valence-electron chi connectivity index (χ1n) is 5.90. The Morgan fingerprint density at radius 3 is 2.47 bits per heavy atom. The van der Waals surface area contributed by atoms with Gasteiger partial charge in [0.1, 0.15) is 6.54 Å². The Morgan fingerprint density at radius 2 is 1.82 bits per heavy atom. The third-order valence-corrected chi connectivity index (χ3v) is 3.25. The van der Waals surface area contributed by atoms with Crippen LogP contribution in [0.15, 0.2) is 30.3 Å². The molecule has 1 heterocycles. The molecule has 0 atom stereocenters. The number of hydrogen-bond donors (Lipinski definition) is 0. The zero-order chi connectivity index (χ0) is 11.8. The number of amides is 3. The Morgan fingerprint density at radius 1 is 1.12 bits per heavy atom. The molecule has 1 aromatic rings. The Kier molecular flexibility index (Phi) is 2.35. The SMILES string of the molecule is O=C1CN(C2CC2)C(=O)N1Cc1ccccc1. The minimum atomic E-state index is -0.124. The van der Waals surface area contributed by atoms with Crippen molar-refractivity contribution >= 4 is 11.9 Å². The van der Waals surface area contributed by atoms with Gasteiger partial charge in [-0.05, 0) is 18.4 Å². The fourth-order valence-electron chi connectivity index (χ4n) is 2.15. The molecule has 2 aliphatic rings. The quantitative estimate of drug-likeness (QED) is 0.740. The summed E-state index contributed by atoms with van der Waals surface area (Å²) in [5, 5.41) is 0. The smallest absolute Gasteiger partial charge is 0.312 e. The van der Waals surface area contributed by atoms with Gasteiger partial charge in [0, 0.05) is 6.04 Å². The van der Waals surface area contributed by atoms with Gasteiger partial charge in [0.2, 0.25) is 0 Å². The van der Waals surface area contributed by atoms with Crippen LogP contribution >= 0.6 is 0 Å². The third-order valence-electron chi connectivity index (χ3n) is 3.25. The van der Waals surface area contributed by atoms with E-state index in [9.17, 15) is 9.59 Å². The molecule has 0 bridgehead atoms. The molecule has 1 saturated carbocycles. The Bertz CT molecular complexity index is 454. The van der Waals surface area contributed by atoms with Crippen LogP contribution in [0.3, 0.4) is 0 Å². The maximum Gasteiger partial charge on any atom is 0.327 e. The number of imide groups is 1. The lowest BCUT2D eigenvalue weighted by molar-refractivity contribution is -0.125. The molecule has 88 valence electrons. The molecule has 0 aromatic heterocycles. The Balaban J connectivity index is 1.75. The van der Waals surface area contributed by atoms with E-state index in [1.54, 1.807) is 4.90 Å². The van der Waals surface area contributed by atoms with E-state index in [2.05, 4.69) is 0 Å². The van der Waals surface area contributed by atoms with E-state index in [0.29, 0.717) is 12.6 Å². The minimum absolute atomic E-state index is 0.0780. The molecule has 4 heteroatoms. The first kappa shape index (κ1) is 10.3. The number of urea groups is 1. The van der Waals surface area contributed by atoms with Gasteiger partial charge in [0.15, 0.2) is 0 Å². The minimum Gasteiger partial charge on any atom is -0.312 e. The highest BCUT2D eigenvalue weighted by Gasteiger charge is 2.43. The summed E-state index contributed by atoms with van der Waals surface area (Å²) in [5.41, 5.74) is 0.992. The van der Waals surface area contributed by atoms with Gasteiger partial charge in [0.05, 0.1) is 6.54 Å². The summed E-state index contributed by atoms with van der Waals surface area (Å²) in [6.07, 6.45) is 2.08. The molecule has 0 N–H and O–H groups in total. The molecular weight excluding hydrogens is 216 g/mol. The van der Waals surface area contributed by atoms with Gasteiger partial charge in [-0.3, -0.25) is 9.69 Å². The van der Waals surface area contributed by atoms with E-state index in [0.717, 1.165) is 18.4 Å². The predicted octanol–water partition coefficient (Wildman–Crippen LogP) is 1.61. The van der Waals surface area contributed by atoms with Crippen LogP contribution in [0.4, 0.5) is 4.79 Å². The van der Waals surface area contributed by atoms with E-state index < -0.39 is 0 Å². The highest BCUT2D eigenvalue weighted by Crippen LogP contribution is 2.30. The van der Waals surface area contributed by atoms with Crippen molar-refractivity contribution in [1.29, 1.82) is 0 Å². The summed E-state index contributed by atoms with van der Waals surface area (Å²) in [4.78, 5) is 26.9. The molecule has 2 fully saturated rings. The fourth-order valence-corrected chi connectivity index (χ4v) is 2.15. The predicted molar refractivity (Wildman–Crippen MR) is 62.1 cm³/mol. The van der Waals surface area contributed by atoms with Gasteiger partial charge in [-0.25, -0.2) is 4.79 Å². The molecule has 0 spiro atoms. The van der Waals surface area contributed by atoms with Crippen molar-refractivity contribution in [2.24, 2.45) is 0 Å². The monoisotopic (exact) mass is 230 g/mol. The van der Waals surface area contributed by atoms with Gasteiger partial charge in [-0.2, -0.15) is 0 Å². The lowest BCUT2D eigenvalue weighted by Gasteiger charge is -2.16. The van der Waals surface area contributed by atoms with Gasteiger partial charge in [-0.15, -0.1) is 0 Å². The van der Waals surface area contributed by atoms with Crippen molar-refractivity contribution in [3.05, 3.63) is 35.9 Å².